The van der Waals surface area contributed by atoms with Gasteiger partial charge in [-0.15, -0.1) is 0 Å². The van der Waals surface area contributed by atoms with Crippen molar-refractivity contribution in [2.24, 2.45) is 0 Å². The van der Waals surface area contributed by atoms with Gasteiger partial charge in [-0.05, 0) is 43.5 Å². The van der Waals surface area contributed by atoms with E-state index in [0.29, 0.717) is 28.7 Å². The summed E-state index contributed by atoms with van der Waals surface area (Å²) in [5.41, 5.74) is 4.10. The van der Waals surface area contributed by atoms with Crippen LogP contribution in [0.1, 0.15) is 34.3 Å². The molecular weight excluding hydrogens is 341 g/mol. The summed E-state index contributed by atoms with van der Waals surface area (Å²) < 4.78 is 13.9. The first-order chi connectivity index (χ1) is 13.1. The minimum absolute atomic E-state index is 0.0436. The van der Waals surface area contributed by atoms with Crippen molar-refractivity contribution in [3.63, 3.8) is 0 Å². The van der Waals surface area contributed by atoms with Crippen LogP contribution in [0.2, 0.25) is 0 Å². The minimum atomic E-state index is -0.339. The number of aromatic nitrogens is 1. The molecule has 4 rings (SSSR count). The molecule has 1 amide bonds. The van der Waals surface area contributed by atoms with Crippen LogP contribution in [0, 0.1) is 12.7 Å². The zero-order valence-electron chi connectivity index (χ0n) is 15.3. The van der Waals surface area contributed by atoms with E-state index in [1.54, 1.807) is 12.3 Å². The molecule has 0 unspecified atom stereocenters. The summed E-state index contributed by atoms with van der Waals surface area (Å²) in [6.07, 6.45) is 3.65. The number of fused-ring (bicyclic) bond motifs is 1. The number of nitrogens with one attached hydrogen (secondary N) is 1. The molecule has 5 heteroatoms. The quantitative estimate of drug-likeness (QED) is 0.741. The number of halogens is 1. The molecule has 1 fully saturated rings. The van der Waals surface area contributed by atoms with E-state index < -0.39 is 0 Å². The first-order valence-corrected chi connectivity index (χ1v) is 9.29. The number of pyridine rings is 1. The van der Waals surface area contributed by atoms with Gasteiger partial charge in [0, 0.05) is 31.2 Å². The highest BCUT2D eigenvalue weighted by Crippen LogP contribution is 2.29. The van der Waals surface area contributed by atoms with Crippen LogP contribution in [0.4, 0.5) is 10.1 Å². The predicted octanol–water partition coefficient (Wildman–Crippen LogP) is 4.53. The number of anilines is 1. The van der Waals surface area contributed by atoms with Crippen LogP contribution in [0.25, 0.3) is 10.9 Å². The third-order valence-corrected chi connectivity index (χ3v) is 5.01. The maximum atomic E-state index is 13.9. The first kappa shape index (κ1) is 17.5. The van der Waals surface area contributed by atoms with Crippen molar-refractivity contribution in [3.05, 3.63) is 71.2 Å². The van der Waals surface area contributed by atoms with Crippen LogP contribution >= 0.6 is 0 Å². The summed E-state index contributed by atoms with van der Waals surface area (Å²) in [5.74, 6) is -0.383. The Balaban J connectivity index is 1.75. The van der Waals surface area contributed by atoms with Crippen molar-refractivity contribution < 1.29 is 9.18 Å². The lowest BCUT2D eigenvalue weighted by atomic mass is 10.1. The molecule has 0 radical (unpaired) electrons. The minimum Gasteiger partial charge on any atom is -0.380 e. The van der Waals surface area contributed by atoms with Gasteiger partial charge in [-0.3, -0.25) is 9.78 Å². The van der Waals surface area contributed by atoms with Gasteiger partial charge in [-0.2, -0.15) is 0 Å². The number of rotatable bonds is 4. The average Bonchev–Trinajstić information content (AvgIpc) is 3.20. The first-order valence-electron chi connectivity index (χ1n) is 9.29. The normalized spacial score (nSPS) is 13.9. The maximum Gasteiger partial charge on any atom is 0.257 e. The van der Waals surface area contributed by atoms with Gasteiger partial charge in [-0.1, -0.05) is 29.8 Å². The summed E-state index contributed by atoms with van der Waals surface area (Å²) >= 11 is 0. The van der Waals surface area contributed by atoms with Crippen molar-refractivity contribution in [2.45, 2.75) is 26.3 Å². The molecule has 0 spiro atoms. The topological polar surface area (TPSA) is 45.2 Å². The molecule has 0 saturated carbocycles. The van der Waals surface area contributed by atoms with Gasteiger partial charge < -0.3 is 10.2 Å². The average molecular weight is 363 g/mol. The third kappa shape index (κ3) is 3.63. The van der Waals surface area contributed by atoms with E-state index in [1.165, 1.54) is 17.7 Å². The Labute approximate surface area is 158 Å². The lowest BCUT2D eigenvalue weighted by Gasteiger charge is -2.19. The largest absolute Gasteiger partial charge is 0.380 e. The lowest BCUT2D eigenvalue weighted by Crippen LogP contribution is -2.28. The molecule has 0 aliphatic carbocycles. The van der Waals surface area contributed by atoms with Crippen LogP contribution in [-0.4, -0.2) is 28.9 Å². The highest BCUT2D eigenvalue weighted by molar-refractivity contribution is 6.07. The van der Waals surface area contributed by atoms with Crippen LogP contribution in [0.5, 0.6) is 0 Å². The molecule has 1 N–H and O–H groups in total. The number of nitrogens with zero attached hydrogens (tertiary/aromatic N) is 2. The molecule has 138 valence electrons. The Bertz CT molecular complexity index is 996. The number of carbonyl (C=O) groups excluding carboxylic acids is 1. The molecule has 1 saturated heterocycles. The Morgan fingerprint density at radius 1 is 1.19 bits per heavy atom. The fourth-order valence-corrected chi connectivity index (χ4v) is 3.62. The zero-order valence-corrected chi connectivity index (χ0v) is 15.3. The van der Waals surface area contributed by atoms with Crippen LogP contribution < -0.4 is 5.32 Å². The molecule has 4 nitrogen and oxygen atoms in total. The molecule has 1 aliphatic rings. The second-order valence-electron chi connectivity index (χ2n) is 7.05. The molecule has 2 heterocycles. The van der Waals surface area contributed by atoms with Gasteiger partial charge in [0.2, 0.25) is 0 Å². The van der Waals surface area contributed by atoms with E-state index in [1.807, 2.05) is 30.0 Å². The second-order valence-corrected chi connectivity index (χ2v) is 7.05. The Morgan fingerprint density at radius 3 is 2.78 bits per heavy atom. The second kappa shape index (κ2) is 7.35. The van der Waals surface area contributed by atoms with Crippen molar-refractivity contribution in [2.75, 3.05) is 18.4 Å². The Morgan fingerprint density at radius 2 is 2.00 bits per heavy atom. The number of benzene rings is 2. The van der Waals surface area contributed by atoms with E-state index in [0.717, 1.165) is 31.5 Å². The number of carbonyl (C=O) groups is 1. The van der Waals surface area contributed by atoms with Crippen LogP contribution in [-0.2, 0) is 6.54 Å². The molecule has 1 aliphatic heterocycles. The van der Waals surface area contributed by atoms with Gasteiger partial charge in [0.25, 0.3) is 5.91 Å². The van der Waals surface area contributed by atoms with Crippen molar-refractivity contribution in [1.82, 2.24) is 9.88 Å². The van der Waals surface area contributed by atoms with E-state index in [9.17, 15) is 9.18 Å². The summed E-state index contributed by atoms with van der Waals surface area (Å²) in [4.78, 5) is 19.3. The fourth-order valence-electron chi connectivity index (χ4n) is 3.62. The third-order valence-electron chi connectivity index (χ3n) is 5.01. The van der Waals surface area contributed by atoms with E-state index in [4.69, 9.17) is 0 Å². The summed E-state index contributed by atoms with van der Waals surface area (Å²) in [6, 6.07) is 12.7. The summed E-state index contributed by atoms with van der Waals surface area (Å²) in [5, 5.41) is 4.01. The number of hydrogen-bond donors (Lipinski definition) is 1. The zero-order chi connectivity index (χ0) is 18.8. The number of likely N-dealkylation sites (tertiary alicyclic amines) is 1. The molecule has 0 bridgehead atoms. The van der Waals surface area contributed by atoms with Gasteiger partial charge in [-0.25, -0.2) is 4.39 Å². The lowest BCUT2D eigenvalue weighted by molar-refractivity contribution is 0.0793. The molecular formula is C22H22FN3O. The number of aryl methyl sites for hydroxylation is 1. The molecule has 0 atom stereocenters. The maximum absolute atomic E-state index is 13.9. The van der Waals surface area contributed by atoms with E-state index in [-0.39, 0.29) is 11.7 Å². The van der Waals surface area contributed by atoms with Gasteiger partial charge in [0.15, 0.2) is 0 Å². The van der Waals surface area contributed by atoms with Crippen molar-refractivity contribution in [1.29, 1.82) is 0 Å². The molecule has 1 aromatic heterocycles. The van der Waals surface area contributed by atoms with Crippen LogP contribution in [0.15, 0.2) is 48.7 Å². The molecule has 3 aromatic rings. The number of amides is 1. The van der Waals surface area contributed by atoms with E-state index in [2.05, 4.69) is 16.4 Å². The summed E-state index contributed by atoms with van der Waals surface area (Å²) in [7, 11) is 0. The smallest absolute Gasteiger partial charge is 0.257 e. The van der Waals surface area contributed by atoms with Gasteiger partial charge in [0.1, 0.15) is 5.82 Å². The standard InChI is InChI=1S/C22H22FN3O/c1-15-5-4-6-16(11-15)13-25-21-18-12-17(23)7-8-20(18)24-14-19(21)22(27)26-9-2-3-10-26/h4-8,11-12,14H,2-3,9-10,13H2,1H3,(H,24,25). The fraction of sp³-hybridized carbons (Fsp3) is 0.273. The van der Waals surface area contributed by atoms with Crippen LogP contribution in [0.3, 0.4) is 0 Å². The highest BCUT2D eigenvalue weighted by atomic mass is 19.1. The van der Waals surface area contributed by atoms with Gasteiger partial charge in [0.05, 0.1) is 16.8 Å². The molecule has 27 heavy (non-hydrogen) atoms. The Hall–Kier alpha value is -2.95. The highest BCUT2D eigenvalue weighted by Gasteiger charge is 2.23. The molecule has 2 aromatic carbocycles. The predicted molar refractivity (Wildman–Crippen MR) is 105 cm³/mol. The van der Waals surface area contributed by atoms with E-state index >= 15 is 0 Å². The van der Waals surface area contributed by atoms with Gasteiger partial charge >= 0.3 is 0 Å². The van der Waals surface area contributed by atoms with Crippen molar-refractivity contribution in [3.8, 4) is 0 Å². The van der Waals surface area contributed by atoms with Crippen molar-refractivity contribution >= 4 is 22.5 Å². The SMILES string of the molecule is Cc1cccc(CNc2c(C(=O)N3CCCC3)cnc3ccc(F)cc23)c1. The Kier molecular flexibility index (Phi) is 4.75. The summed E-state index contributed by atoms with van der Waals surface area (Å²) in [6.45, 7) is 4.12. The monoisotopic (exact) mass is 363 g/mol. The number of hydrogen-bond acceptors (Lipinski definition) is 3.